The first-order chi connectivity index (χ1) is 7.13. The fraction of sp³-hybridized carbons (Fsp3) is 0.417. The number of hydrogen-bond acceptors (Lipinski definition) is 2. The minimum absolute atomic E-state index is 0.0675. The summed E-state index contributed by atoms with van der Waals surface area (Å²) in [5.74, 6) is 1.09. The lowest BCUT2D eigenvalue weighted by molar-refractivity contribution is -0.122. The molecule has 1 N–H and O–H groups in total. The Hall–Kier alpha value is -1.51. The van der Waals surface area contributed by atoms with Crippen LogP contribution in [0.25, 0.3) is 0 Å². The summed E-state index contributed by atoms with van der Waals surface area (Å²) in [5, 5.41) is 2.51. The second kappa shape index (κ2) is 5.39. The fourth-order valence-electron chi connectivity index (χ4n) is 1.18. The molecule has 1 rings (SSSR count). The summed E-state index contributed by atoms with van der Waals surface area (Å²) in [4.78, 5) is 11.0. The lowest BCUT2D eigenvalue weighted by Gasteiger charge is -2.09. The van der Waals surface area contributed by atoms with Crippen molar-refractivity contribution in [2.45, 2.75) is 19.8 Å². The third-order valence-corrected chi connectivity index (χ3v) is 2.17. The normalized spacial score (nSPS) is 10.1. The third kappa shape index (κ3) is 3.62. The molecule has 0 radical (unpaired) electrons. The van der Waals surface area contributed by atoms with Gasteiger partial charge in [-0.05, 0) is 23.6 Å². The van der Waals surface area contributed by atoms with Crippen molar-refractivity contribution in [3.63, 3.8) is 0 Å². The molecule has 15 heavy (non-hydrogen) atoms. The number of hydrogen-bond donors (Lipinski definition) is 1. The zero-order valence-electron chi connectivity index (χ0n) is 9.41. The molecule has 3 nitrogen and oxygen atoms in total. The van der Waals surface area contributed by atoms with E-state index in [1.54, 1.807) is 7.05 Å². The van der Waals surface area contributed by atoms with Crippen LogP contribution in [-0.4, -0.2) is 19.6 Å². The molecule has 0 bridgehead atoms. The van der Waals surface area contributed by atoms with E-state index in [-0.39, 0.29) is 12.5 Å². The van der Waals surface area contributed by atoms with E-state index in [1.165, 1.54) is 5.56 Å². The highest BCUT2D eigenvalue weighted by Crippen LogP contribution is 2.19. The molecule has 3 heteroatoms. The maximum atomic E-state index is 11.0. The van der Waals surface area contributed by atoms with E-state index >= 15 is 0 Å². The summed E-state index contributed by atoms with van der Waals surface area (Å²) in [6.45, 7) is 4.31. The number of likely N-dealkylation sites (N-methyl/N-ethyl adjacent to an activating group) is 1. The Bertz CT molecular complexity index is 334. The molecular weight excluding hydrogens is 190 g/mol. The van der Waals surface area contributed by atoms with E-state index in [0.29, 0.717) is 5.92 Å². The highest BCUT2D eigenvalue weighted by Gasteiger charge is 2.02. The van der Waals surface area contributed by atoms with Gasteiger partial charge in [0.05, 0.1) is 0 Å². The molecule has 1 amide bonds. The average Bonchev–Trinajstić information content (AvgIpc) is 2.26. The molecular formula is C12H17NO2. The van der Waals surface area contributed by atoms with E-state index < -0.39 is 0 Å². The Morgan fingerprint density at radius 2 is 2.20 bits per heavy atom. The largest absolute Gasteiger partial charge is 0.484 e. The van der Waals surface area contributed by atoms with Gasteiger partial charge in [0.15, 0.2) is 6.61 Å². The minimum atomic E-state index is -0.120. The first-order valence-electron chi connectivity index (χ1n) is 5.07. The lowest BCUT2D eigenvalue weighted by Crippen LogP contribution is -2.24. The summed E-state index contributed by atoms with van der Waals surface area (Å²) in [6.07, 6.45) is 0. The molecule has 0 spiro atoms. The van der Waals surface area contributed by atoms with Crippen molar-refractivity contribution in [1.29, 1.82) is 0 Å². The van der Waals surface area contributed by atoms with Crippen LogP contribution in [-0.2, 0) is 4.79 Å². The number of rotatable bonds is 4. The van der Waals surface area contributed by atoms with Crippen molar-refractivity contribution in [2.24, 2.45) is 0 Å². The lowest BCUT2D eigenvalue weighted by atomic mass is 10.0. The van der Waals surface area contributed by atoms with Gasteiger partial charge in [0.25, 0.3) is 5.91 Å². The quantitative estimate of drug-likeness (QED) is 0.819. The predicted octanol–water partition coefficient (Wildman–Crippen LogP) is 1.93. The van der Waals surface area contributed by atoms with Gasteiger partial charge < -0.3 is 10.1 Å². The van der Waals surface area contributed by atoms with Crippen LogP contribution in [0.15, 0.2) is 24.3 Å². The average molecular weight is 207 g/mol. The number of carbonyl (C=O) groups is 1. The van der Waals surface area contributed by atoms with Gasteiger partial charge in [0, 0.05) is 7.05 Å². The van der Waals surface area contributed by atoms with Gasteiger partial charge in [0.1, 0.15) is 5.75 Å². The van der Waals surface area contributed by atoms with Gasteiger partial charge in [-0.1, -0.05) is 26.0 Å². The van der Waals surface area contributed by atoms with E-state index in [1.807, 2.05) is 18.2 Å². The van der Waals surface area contributed by atoms with Gasteiger partial charge in [-0.15, -0.1) is 0 Å². The Morgan fingerprint density at radius 3 is 2.80 bits per heavy atom. The monoisotopic (exact) mass is 207 g/mol. The summed E-state index contributed by atoms with van der Waals surface area (Å²) < 4.78 is 5.34. The van der Waals surface area contributed by atoms with Gasteiger partial charge in [-0.2, -0.15) is 0 Å². The molecule has 1 aromatic carbocycles. The molecule has 82 valence electrons. The summed E-state index contributed by atoms with van der Waals surface area (Å²) in [6, 6.07) is 7.81. The van der Waals surface area contributed by atoms with Crippen molar-refractivity contribution < 1.29 is 9.53 Å². The number of nitrogens with one attached hydrogen (secondary N) is 1. The Morgan fingerprint density at radius 1 is 1.47 bits per heavy atom. The Labute approximate surface area is 90.4 Å². The standard InChI is InChI=1S/C12H17NO2/c1-9(2)10-5-4-6-11(7-10)15-8-12(14)13-3/h4-7,9H,8H2,1-3H3,(H,13,14). The van der Waals surface area contributed by atoms with Crippen LogP contribution >= 0.6 is 0 Å². The maximum Gasteiger partial charge on any atom is 0.257 e. The highest BCUT2D eigenvalue weighted by molar-refractivity contribution is 5.77. The first kappa shape index (κ1) is 11.6. The van der Waals surface area contributed by atoms with Crippen LogP contribution < -0.4 is 10.1 Å². The first-order valence-corrected chi connectivity index (χ1v) is 5.07. The number of ether oxygens (including phenoxy) is 1. The van der Waals surface area contributed by atoms with E-state index in [0.717, 1.165) is 5.75 Å². The molecule has 0 atom stereocenters. The topological polar surface area (TPSA) is 38.3 Å². The van der Waals surface area contributed by atoms with Crippen LogP contribution in [0.1, 0.15) is 25.3 Å². The predicted molar refractivity (Wildman–Crippen MR) is 60.1 cm³/mol. The van der Waals surface area contributed by atoms with Crippen molar-refractivity contribution in [2.75, 3.05) is 13.7 Å². The van der Waals surface area contributed by atoms with Crippen LogP contribution in [0.5, 0.6) is 5.75 Å². The van der Waals surface area contributed by atoms with Gasteiger partial charge in [-0.25, -0.2) is 0 Å². The van der Waals surface area contributed by atoms with Crippen molar-refractivity contribution in [3.8, 4) is 5.75 Å². The van der Waals surface area contributed by atoms with Gasteiger partial charge >= 0.3 is 0 Å². The zero-order valence-corrected chi connectivity index (χ0v) is 9.41. The summed E-state index contributed by atoms with van der Waals surface area (Å²) in [5.41, 5.74) is 1.21. The maximum absolute atomic E-state index is 11.0. The zero-order chi connectivity index (χ0) is 11.3. The molecule has 0 aliphatic heterocycles. The molecule has 0 fully saturated rings. The van der Waals surface area contributed by atoms with Crippen LogP contribution in [0.4, 0.5) is 0 Å². The minimum Gasteiger partial charge on any atom is -0.484 e. The molecule has 0 heterocycles. The second-order valence-electron chi connectivity index (χ2n) is 3.69. The summed E-state index contributed by atoms with van der Waals surface area (Å²) >= 11 is 0. The van der Waals surface area contributed by atoms with Gasteiger partial charge in [0.2, 0.25) is 0 Å². The van der Waals surface area contributed by atoms with E-state index in [4.69, 9.17) is 4.74 Å². The molecule has 1 aromatic rings. The fourth-order valence-corrected chi connectivity index (χ4v) is 1.18. The second-order valence-corrected chi connectivity index (χ2v) is 3.69. The molecule has 0 aliphatic carbocycles. The highest BCUT2D eigenvalue weighted by atomic mass is 16.5. The van der Waals surface area contributed by atoms with Crippen molar-refractivity contribution >= 4 is 5.91 Å². The van der Waals surface area contributed by atoms with Crippen LogP contribution in [0, 0.1) is 0 Å². The number of carbonyl (C=O) groups excluding carboxylic acids is 1. The SMILES string of the molecule is CNC(=O)COc1cccc(C(C)C)c1. The molecule has 0 aromatic heterocycles. The smallest absolute Gasteiger partial charge is 0.257 e. The molecule has 0 saturated heterocycles. The molecule has 0 saturated carbocycles. The number of amides is 1. The Balaban J connectivity index is 2.61. The summed E-state index contributed by atoms with van der Waals surface area (Å²) in [7, 11) is 1.59. The van der Waals surface area contributed by atoms with Crippen LogP contribution in [0.2, 0.25) is 0 Å². The van der Waals surface area contributed by atoms with Gasteiger partial charge in [-0.3, -0.25) is 4.79 Å². The van der Waals surface area contributed by atoms with Crippen molar-refractivity contribution in [1.82, 2.24) is 5.32 Å². The van der Waals surface area contributed by atoms with E-state index in [9.17, 15) is 4.79 Å². The van der Waals surface area contributed by atoms with Crippen molar-refractivity contribution in [3.05, 3.63) is 29.8 Å². The van der Waals surface area contributed by atoms with E-state index in [2.05, 4.69) is 25.2 Å². The number of benzene rings is 1. The Kier molecular flexibility index (Phi) is 4.16. The van der Waals surface area contributed by atoms with Crippen LogP contribution in [0.3, 0.4) is 0 Å². The molecule has 0 aliphatic rings. The molecule has 0 unspecified atom stereocenters. The third-order valence-electron chi connectivity index (χ3n) is 2.17.